The molecule has 1 N–H and O–H groups in total. The zero-order chi connectivity index (χ0) is 15.4. The highest BCUT2D eigenvalue weighted by atomic mass is 16.5. The average molecular weight is 300 g/mol. The van der Waals surface area contributed by atoms with Crippen LogP contribution in [0.2, 0.25) is 0 Å². The Morgan fingerprint density at radius 2 is 2.36 bits per heavy atom. The van der Waals surface area contributed by atoms with Crippen molar-refractivity contribution in [3.63, 3.8) is 0 Å². The molecule has 0 aliphatic carbocycles. The van der Waals surface area contributed by atoms with Gasteiger partial charge in [0, 0.05) is 24.9 Å². The minimum absolute atomic E-state index is 0.0157. The zero-order valence-corrected chi connectivity index (χ0v) is 12.7. The predicted octanol–water partition coefficient (Wildman–Crippen LogP) is 2.38. The van der Waals surface area contributed by atoms with Crippen molar-refractivity contribution in [2.45, 2.75) is 31.8 Å². The molecule has 3 rings (SSSR count). The quantitative estimate of drug-likeness (QED) is 0.941. The van der Waals surface area contributed by atoms with E-state index >= 15 is 0 Å². The molecule has 1 aliphatic heterocycles. The van der Waals surface area contributed by atoms with E-state index in [1.165, 1.54) is 0 Å². The molecule has 1 amide bonds. The monoisotopic (exact) mass is 300 g/mol. The first kappa shape index (κ1) is 14.7. The number of rotatable bonds is 4. The summed E-state index contributed by atoms with van der Waals surface area (Å²) in [5.41, 5.74) is 1.64. The number of aryl methyl sites for hydroxylation is 1. The van der Waals surface area contributed by atoms with Crippen molar-refractivity contribution in [2.24, 2.45) is 7.05 Å². The van der Waals surface area contributed by atoms with E-state index in [2.05, 4.69) is 15.4 Å². The third kappa shape index (κ3) is 3.71. The second-order valence-electron chi connectivity index (χ2n) is 5.56. The maximum absolute atomic E-state index is 12.1. The summed E-state index contributed by atoms with van der Waals surface area (Å²) >= 11 is 0. The first-order chi connectivity index (χ1) is 10.7. The summed E-state index contributed by atoms with van der Waals surface area (Å²) in [5, 5.41) is 7.19. The largest absolute Gasteiger partial charge is 0.378 e. The minimum Gasteiger partial charge on any atom is -0.378 e. The molecule has 0 spiro atoms. The van der Waals surface area contributed by atoms with Crippen LogP contribution in [0.1, 0.15) is 25.7 Å². The van der Waals surface area contributed by atoms with E-state index in [0.717, 1.165) is 37.1 Å². The van der Waals surface area contributed by atoms with Crippen molar-refractivity contribution in [1.29, 1.82) is 0 Å². The third-order valence-corrected chi connectivity index (χ3v) is 3.69. The van der Waals surface area contributed by atoms with Gasteiger partial charge in [-0.15, -0.1) is 0 Å². The lowest BCUT2D eigenvalue weighted by molar-refractivity contribution is -0.119. The number of nitrogens with zero attached hydrogens (tertiary/aromatic N) is 3. The zero-order valence-electron chi connectivity index (χ0n) is 12.7. The topological polar surface area (TPSA) is 69.0 Å². The van der Waals surface area contributed by atoms with Crippen molar-refractivity contribution >= 4 is 11.6 Å². The van der Waals surface area contributed by atoms with E-state index < -0.39 is 0 Å². The molecular weight excluding hydrogens is 280 g/mol. The Balaban J connectivity index is 1.63. The number of amides is 1. The highest BCUT2D eigenvalue weighted by Crippen LogP contribution is 2.20. The summed E-state index contributed by atoms with van der Waals surface area (Å²) in [5.74, 6) is 0.632. The number of hydrogen-bond donors (Lipinski definition) is 1. The van der Waals surface area contributed by atoms with Crippen molar-refractivity contribution < 1.29 is 9.53 Å². The van der Waals surface area contributed by atoms with Crippen LogP contribution in [0.15, 0.2) is 30.6 Å². The van der Waals surface area contributed by atoms with Gasteiger partial charge in [-0.1, -0.05) is 12.1 Å². The van der Waals surface area contributed by atoms with Crippen LogP contribution in [0, 0.1) is 0 Å². The van der Waals surface area contributed by atoms with Crippen LogP contribution in [0.25, 0.3) is 11.4 Å². The molecule has 116 valence electrons. The van der Waals surface area contributed by atoms with Crippen molar-refractivity contribution in [3.8, 4) is 11.4 Å². The maximum Gasteiger partial charge on any atom is 0.226 e. The van der Waals surface area contributed by atoms with Gasteiger partial charge in [0.25, 0.3) is 0 Å². The van der Waals surface area contributed by atoms with Crippen LogP contribution in [-0.4, -0.2) is 33.4 Å². The average Bonchev–Trinajstić information content (AvgIpc) is 2.95. The molecule has 22 heavy (non-hydrogen) atoms. The Labute approximate surface area is 129 Å². The Morgan fingerprint density at radius 1 is 1.45 bits per heavy atom. The van der Waals surface area contributed by atoms with Crippen LogP contribution in [0.3, 0.4) is 0 Å². The maximum atomic E-state index is 12.1. The molecule has 2 aromatic rings. The number of anilines is 1. The number of carbonyl (C=O) groups excluding carboxylic acids is 1. The number of hydrogen-bond acceptors (Lipinski definition) is 4. The second kappa shape index (κ2) is 6.70. The Bertz CT molecular complexity index is 647. The van der Waals surface area contributed by atoms with Gasteiger partial charge in [0.15, 0.2) is 5.82 Å². The fraction of sp³-hybridized carbons (Fsp3) is 0.438. The van der Waals surface area contributed by atoms with Crippen LogP contribution in [0.5, 0.6) is 0 Å². The molecule has 1 saturated heterocycles. The molecule has 6 nitrogen and oxygen atoms in total. The molecule has 0 saturated carbocycles. The Hall–Kier alpha value is -2.21. The number of nitrogens with one attached hydrogen (secondary N) is 1. The molecule has 1 fully saturated rings. The van der Waals surface area contributed by atoms with Crippen LogP contribution in [0.4, 0.5) is 5.69 Å². The molecule has 1 aromatic carbocycles. The fourth-order valence-electron chi connectivity index (χ4n) is 2.59. The number of aromatic nitrogens is 3. The van der Waals surface area contributed by atoms with E-state index in [1.54, 1.807) is 11.0 Å². The summed E-state index contributed by atoms with van der Waals surface area (Å²) in [6.45, 7) is 0.763. The van der Waals surface area contributed by atoms with E-state index in [1.807, 2.05) is 31.3 Å². The van der Waals surface area contributed by atoms with Gasteiger partial charge < -0.3 is 10.1 Å². The standard InChI is InChI=1S/C16H20N4O2/c1-20-11-17-16(19-20)12-5-4-6-13(9-12)18-15(21)10-14-7-2-3-8-22-14/h4-6,9,11,14H,2-3,7-8,10H2,1H3,(H,18,21)/t14-/m1/s1. The first-order valence-corrected chi connectivity index (χ1v) is 7.58. The lowest BCUT2D eigenvalue weighted by Crippen LogP contribution is -2.25. The third-order valence-electron chi connectivity index (χ3n) is 3.69. The van der Waals surface area contributed by atoms with Gasteiger partial charge in [-0.3, -0.25) is 9.48 Å². The number of benzene rings is 1. The highest BCUT2D eigenvalue weighted by Gasteiger charge is 2.17. The predicted molar refractivity (Wildman–Crippen MR) is 83.3 cm³/mol. The van der Waals surface area contributed by atoms with Gasteiger partial charge in [-0.2, -0.15) is 5.10 Å². The summed E-state index contributed by atoms with van der Waals surface area (Å²) in [7, 11) is 1.83. The SMILES string of the molecule is Cn1cnc(-c2cccc(NC(=O)C[C@H]3CCCCO3)c2)n1. The van der Waals surface area contributed by atoms with Gasteiger partial charge in [0.2, 0.25) is 5.91 Å². The lowest BCUT2D eigenvalue weighted by Gasteiger charge is -2.21. The molecule has 1 atom stereocenters. The van der Waals surface area contributed by atoms with Crippen LogP contribution in [-0.2, 0) is 16.6 Å². The first-order valence-electron chi connectivity index (χ1n) is 7.58. The smallest absolute Gasteiger partial charge is 0.226 e. The molecule has 0 radical (unpaired) electrons. The molecule has 0 bridgehead atoms. The molecule has 1 aliphatic rings. The number of ether oxygens (including phenoxy) is 1. The van der Waals surface area contributed by atoms with Gasteiger partial charge >= 0.3 is 0 Å². The molecule has 2 heterocycles. The molecule has 1 aromatic heterocycles. The van der Waals surface area contributed by atoms with Crippen molar-refractivity contribution in [3.05, 3.63) is 30.6 Å². The van der Waals surface area contributed by atoms with Gasteiger partial charge in [-0.05, 0) is 31.4 Å². The molecule has 0 unspecified atom stereocenters. The summed E-state index contributed by atoms with van der Waals surface area (Å²) in [6.07, 6.45) is 5.31. The van der Waals surface area contributed by atoms with Gasteiger partial charge in [-0.25, -0.2) is 4.98 Å². The van der Waals surface area contributed by atoms with E-state index in [-0.39, 0.29) is 12.0 Å². The Kier molecular flexibility index (Phi) is 4.48. The van der Waals surface area contributed by atoms with E-state index in [0.29, 0.717) is 12.2 Å². The summed E-state index contributed by atoms with van der Waals surface area (Å²) in [4.78, 5) is 16.3. The lowest BCUT2D eigenvalue weighted by atomic mass is 10.1. The van der Waals surface area contributed by atoms with E-state index in [4.69, 9.17) is 4.74 Å². The highest BCUT2D eigenvalue weighted by molar-refractivity contribution is 5.91. The van der Waals surface area contributed by atoms with E-state index in [9.17, 15) is 4.79 Å². The van der Waals surface area contributed by atoms with Gasteiger partial charge in [0.05, 0.1) is 12.5 Å². The van der Waals surface area contributed by atoms with Crippen LogP contribution >= 0.6 is 0 Å². The summed E-state index contributed by atoms with van der Waals surface area (Å²) < 4.78 is 7.25. The molecular formula is C16H20N4O2. The normalized spacial score (nSPS) is 18.1. The second-order valence-corrected chi connectivity index (χ2v) is 5.56. The summed E-state index contributed by atoms with van der Waals surface area (Å²) in [6, 6.07) is 7.56. The number of carbonyl (C=O) groups is 1. The minimum atomic E-state index is -0.0157. The Morgan fingerprint density at radius 3 is 3.09 bits per heavy atom. The van der Waals surface area contributed by atoms with Crippen molar-refractivity contribution in [1.82, 2.24) is 14.8 Å². The van der Waals surface area contributed by atoms with Crippen molar-refractivity contribution in [2.75, 3.05) is 11.9 Å². The molecule has 6 heteroatoms. The van der Waals surface area contributed by atoms with Gasteiger partial charge in [0.1, 0.15) is 6.33 Å². The fourth-order valence-corrected chi connectivity index (χ4v) is 2.59. The van der Waals surface area contributed by atoms with Crippen LogP contribution < -0.4 is 5.32 Å².